The lowest BCUT2D eigenvalue weighted by Gasteiger charge is -2.32. The number of pyridine rings is 1. The lowest BCUT2D eigenvalue weighted by atomic mass is 9.95. The van der Waals surface area contributed by atoms with Crippen LogP contribution in [-0.2, 0) is 0 Å². The van der Waals surface area contributed by atoms with Crippen LogP contribution in [0.15, 0.2) is 41.5 Å². The van der Waals surface area contributed by atoms with Gasteiger partial charge < -0.3 is 14.4 Å². The first-order valence-corrected chi connectivity index (χ1v) is 10.9. The normalized spacial score (nSPS) is 23.5. The van der Waals surface area contributed by atoms with Crippen molar-refractivity contribution in [2.45, 2.75) is 38.4 Å². The van der Waals surface area contributed by atoms with Gasteiger partial charge in [0.1, 0.15) is 6.04 Å². The number of hydrogen-bond acceptors (Lipinski definition) is 6. The van der Waals surface area contributed by atoms with Gasteiger partial charge in [0.2, 0.25) is 0 Å². The van der Waals surface area contributed by atoms with Crippen LogP contribution in [0.3, 0.4) is 0 Å². The number of thioether (sulfide) groups is 1. The summed E-state index contributed by atoms with van der Waals surface area (Å²) in [5.74, 6) is 2.30. The van der Waals surface area contributed by atoms with E-state index in [4.69, 9.17) is 26.1 Å². The van der Waals surface area contributed by atoms with E-state index in [1.54, 1.807) is 7.11 Å². The number of amidine groups is 1. The standard InChI is InChI=1S/C21H24ClN3O2S/c1-4-14-12-28-21-24-18(16-8-6-7-9-23-16)19(25(14)21)13-10-15(22)20(27-5-2)17(11-13)26-3/h6-11,14,18-19H,4-5,12H2,1-3H3/t14-,18+,19+/m1/s1. The summed E-state index contributed by atoms with van der Waals surface area (Å²) in [6, 6.07) is 10.4. The van der Waals surface area contributed by atoms with E-state index in [0.29, 0.717) is 29.2 Å². The van der Waals surface area contributed by atoms with Crippen molar-refractivity contribution in [1.82, 2.24) is 9.88 Å². The third-order valence-electron chi connectivity index (χ3n) is 5.21. The highest BCUT2D eigenvalue weighted by Crippen LogP contribution is 2.50. The minimum Gasteiger partial charge on any atom is -0.493 e. The third-order valence-corrected chi connectivity index (χ3v) is 6.62. The summed E-state index contributed by atoms with van der Waals surface area (Å²) in [6.45, 7) is 4.69. The molecule has 7 heteroatoms. The molecular weight excluding hydrogens is 394 g/mol. The van der Waals surface area contributed by atoms with Crippen LogP contribution in [0.2, 0.25) is 5.02 Å². The number of aromatic nitrogens is 1. The predicted octanol–water partition coefficient (Wildman–Crippen LogP) is 5.12. The Balaban J connectivity index is 1.81. The van der Waals surface area contributed by atoms with Gasteiger partial charge in [-0.2, -0.15) is 0 Å². The molecule has 1 aromatic carbocycles. The van der Waals surface area contributed by atoms with Crippen LogP contribution in [0.25, 0.3) is 0 Å². The van der Waals surface area contributed by atoms with E-state index in [1.165, 1.54) is 0 Å². The van der Waals surface area contributed by atoms with Crippen molar-refractivity contribution in [1.29, 1.82) is 0 Å². The molecule has 3 atom stereocenters. The Morgan fingerprint density at radius 3 is 2.82 bits per heavy atom. The molecular formula is C21H24ClN3O2S. The van der Waals surface area contributed by atoms with Crippen LogP contribution in [0.4, 0.5) is 0 Å². The van der Waals surface area contributed by atoms with Gasteiger partial charge in [-0.05, 0) is 43.2 Å². The lowest BCUT2D eigenvalue weighted by Crippen LogP contribution is -2.35. The number of hydrogen-bond donors (Lipinski definition) is 0. The van der Waals surface area contributed by atoms with Gasteiger partial charge in [0.05, 0.1) is 30.5 Å². The molecule has 0 aliphatic carbocycles. The molecule has 0 saturated carbocycles. The van der Waals surface area contributed by atoms with Crippen LogP contribution in [0, 0.1) is 0 Å². The van der Waals surface area contributed by atoms with Crippen LogP contribution in [0.5, 0.6) is 11.5 Å². The number of benzene rings is 1. The van der Waals surface area contributed by atoms with Crippen molar-refractivity contribution in [2.75, 3.05) is 19.5 Å². The maximum absolute atomic E-state index is 6.60. The molecule has 0 N–H and O–H groups in total. The predicted molar refractivity (Wildman–Crippen MR) is 115 cm³/mol. The summed E-state index contributed by atoms with van der Waals surface area (Å²) in [5, 5.41) is 1.65. The highest BCUT2D eigenvalue weighted by Gasteiger charge is 2.45. The Labute approximate surface area is 175 Å². The molecule has 2 aromatic rings. The number of aliphatic imine (C=N–C) groups is 1. The molecule has 2 aliphatic heterocycles. The summed E-state index contributed by atoms with van der Waals surface area (Å²) >= 11 is 8.42. The zero-order chi connectivity index (χ0) is 19.7. The van der Waals surface area contributed by atoms with E-state index in [-0.39, 0.29) is 12.1 Å². The zero-order valence-corrected chi connectivity index (χ0v) is 17.8. The lowest BCUT2D eigenvalue weighted by molar-refractivity contribution is 0.254. The number of nitrogens with zero attached hydrogens (tertiary/aromatic N) is 3. The van der Waals surface area contributed by atoms with Gasteiger partial charge in [-0.25, -0.2) is 0 Å². The Kier molecular flexibility index (Phi) is 5.69. The van der Waals surface area contributed by atoms with Crippen molar-refractivity contribution in [3.8, 4) is 11.5 Å². The van der Waals surface area contributed by atoms with Crippen LogP contribution in [-0.4, -0.2) is 40.6 Å². The highest BCUT2D eigenvalue weighted by molar-refractivity contribution is 8.14. The van der Waals surface area contributed by atoms with E-state index in [2.05, 4.69) is 16.8 Å². The number of fused-ring (bicyclic) bond motifs is 1. The fraction of sp³-hybridized carbons (Fsp3) is 0.429. The summed E-state index contributed by atoms with van der Waals surface area (Å²) in [4.78, 5) is 12.1. The van der Waals surface area contributed by atoms with Crippen LogP contribution in [0.1, 0.15) is 43.6 Å². The molecule has 4 rings (SSSR count). The summed E-state index contributed by atoms with van der Waals surface area (Å²) in [7, 11) is 1.64. The largest absolute Gasteiger partial charge is 0.493 e. The van der Waals surface area contributed by atoms with E-state index < -0.39 is 0 Å². The summed E-state index contributed by atoms with van der Waals surface area (Å²) < 4.78 is 11.3. The van der Waals surface area contributed by atoms with Crippen molar-refractivity contribution >= 4 is 28.5 Å². The molecule has 3 heterocycles. The van der Waals surface area contributed by atoms with Crippen molar-refractivity contribution in [3.05, 3.63) is 52.8 Å². The van der Waals surface area contributed by atoms with Gasteiger partial charge in [0, 0.05) is 18.0 Å². The maximum atomic E-state index is 6.60. The van der Waals surface area contributed by atoms with Crippen LogP contribution >= 0.6 is 23.4 Å². The molecule has 0 spiro atoms. The SMILES string of the molecule is CCOc1c(Cl)cc([C@H]2[C@H](c3ccccn3)N=C3SC[C@@H](CC)N32)cc1OC. The third kappa shape index (κ3) is 3.33. The van der Waals surface area contributed by atoms with E-state index in [1.807, 2.05) is 55.2 Å². The number of halogens is 1. The van der Waals surface area contributed by atoms with Crippen LogP contribution < -0.4 is 9.47 Å². The van der Waals surface area contributed by atoms with Gasteiger partial charge >= 0.3 is 0 Å². The molecule has 5 nitrogen and oxygen atoms in total. The Bertz CT molecular complexity index is 877. The van der Waals surface area contributed by atoms with Gasteiger partial charge in [-0.3, -0.25) is 9.98 Å². The van der Waals surface area contributed by atoms with Gasteiger partial charge in [0.15, 0.2) is 16.7 Å². The number of rotatable bonds is 6. The minimum absolute atomic E-state index is 0.0342. The fourth-order valence-electron chi connectivity index (χ4n) is 3.90. The summed E-state index contributed by atoms with van der Waals surface area (Å²) in [5.41, 5.74) is 2.04. The molecule has 28 heavy (non-hydrogen) atoms. The van der Waals surface area contributed by atoms with Crippen molar-refractivity contribution in [2.24, 2.45) is 4.99 Å². The molecule has 1 saturated heterocycles. The topological polar surface area (TPSA) is 47.0 Å². The monoisotopic (exact) mass is 417 g/mol. The molecule has 1 fully saturated rings. The number of methoxy groups -OCH3 is 1. The van der Waals surface area contributed by atoms with Gasteiger partial charge in [-0.15, -0.1) is 0 Å². The average molecular weight is 418 g/mol. The molecule has 0 unspecified atom stereocenters. The molecule has 0 radical (unpaired) electrons. The van der Waals surface area contributed by atoms with Gasteiger partial charge in [0.25, 0.3) is 0 Å². The minimum atomic E-state index is -0.0724. The fourth-order valence-corrected chi connectivity index (χ4v) is 5.52. The van der Waals surface area contributed by atoms with Crippen molar-refractivity contribution < 1.29 is 9.47 Å². The Hall–Kier alpha value is -1.92. The zero-order valence-electron chi connectivity index (χ0n) is 16.3. The summed E-state index contributed by atoms with van der Waals surface area (Å²) in [6.07, 6.45) is 2.89. The Morgan fingerprint density at radius 2 is 2.14 bits per heavy atom. The molecule has 0 bridgehead atoms. The average Bonchev–Trinajstić information content (AvgIpc) is 3.29. The highest BCUT2D eigenvalue weighted by atomic mass is 35.5. The second-order valence-electron chi connectivity index (χ2n) is 6.80. The van der Waals surface area contributed by atoms with E-state index in [9.17, 15) is 0 Å². The van der Waals surface area contributed by atoms with Gasteiger partial charge in [-0.1, -0.05) is 36.4 Å². The second-order valence-corrected chi connectivity index (χ2v) is 8.20. The smallest absolute Gasteiger partial charge is 0.179 e. The molecule has 2 aliphatic rings. The quantitative estimate of drug-likeness (QED) is 0.652. The second kappa shape index (κ2) is 8.21. The number of ether oxygens (including phenoxy) is 2. The van der Waals surface area contributed by atoms with E-state index >= 15 is 0 Å². The van der Waals surface area contributed by atoms with E-state index in [0.717, 1.165) is 28.6 Å². The first kappa shape index (κ1) is 19.4. The molecule has 1 aromatic heterocycles. The molecule has 148 valence electrons. The maximum Gasteiger partial charge on any atom is 0.179 e. The first-order chi connectivity index (χ1) is 13.7. The first-order valence-electron chi connectivity index (χ1n) is 9.58. The van der Waals surface area contributed by atoms with Crippen molar-refractivity contribution in [3.63, 3.8) is 0 Å². The Morgan fingerprint density at radius 1 is 1.29 bits per heavy atom. The molecule has 0 amide bonds.